The molecule has 18 heavy (non-hydrogen) atoms. The number of rotatable bonds is 8. The van der Waals surface area contributed by atoms with Crippen LogP contribution in [0, 0.1) is 0 Å². The van der Waals surface area contributed by atoms with Crippen LogP contribution in [-0.2, 0) is 0 Å². The van der Waals surface area contributed by atoms with Crippen LogP contribution < -0.4 is 11.1 Å². The lowest BCUT2D eigenvalue weighted by Crippen LogP contribution is -2.35. The fourth-order valence-electron chi connectivity index (χ4n) is 2.55. The van der Waals surface area contributed by atoms with Gasteiger partial charge in [0.05, 0.1) is 0 Å². The van der Waals surface area contributed by atoms with E-state index in [0.29, 0.717) is 12.3 Å². The van der Waals surface area contributed by atoms with Gasteiger partial charge in [0.2, 0.25) is 0 Å². The lowest BCUT2D eigenvalue weighted by atomic mass is 9.94. The fourth-order valence-corrected chi connectivity index (χ4v) is 2.55. The molecule has 0 atom stereocenters. The van der Waals surface area contributed by atoms with Crippen molar-refractivity contribution in [2.75, 3.05) is 26.7 Å². The van der Waals surface area contributed by atoms with Crippen molar-refractivity contribution in [2.24, 2.45) is 10.9 Å². The van der Waals surface area contributed by atoms with Crippen LogP contribution in [-0.4, -0.2) is 48.7 Å². The van der Waals surface area contributed by atoms with Gasteiger partial charge in [0.25, 0.3) is 0 Å². The summed E-state index contributed by atoms with van der Waals surface area (Å²) in [6.45, 7) is 2.93. The Hall–Kier alpha value is -0.810. The number of hydrogen-bond acceptors (Lipinski definition) is 4. The summed E-state index contributed by atoms with van der Waals surface area (Å²) in [5.74, 6) is 0.293. The molecule has 1 aliphatic carbocycles. The second-order valence-electron chi connectivity index (χ2n) is 5.22. The summed E-state index contributed by atoms with van der Waals surface area (Å²) in [6, 6.07) is 0.802. The molecule has 4 N–H and O–H groups in total. The zero-order chi connectivity index (χ0) is 13.2. The molecular weight excluding hydrogens is 228 g/mol. The van der Waals surface area contributed by atoms with Crippen molar-refractivity contribution in [3.8, 4) is 0 Å². The topological polar surface area (TPSA) is 73.9 Å². The van der Waals surface area contributed by atoms with Gasteiger partial charge in [-0.1, -0.05) is 24.4 Å². The summed E-state index contributed by atoms with van der Waals surface area (Å²) >= 11 is 0. The molecule has 0 aromatic carbocycles. The molecule has 1 aliphatic rings. The molecule has 0 spiro atoms. The first-order valence-electron chi connectivity index (χ1n) is 7.11. The zero-order valence-electron chi connectivity index (χ0n) is 11.6. The number of hydrogen-bond donors (Lipinski definition) is 3. The van der Waals surface area contributed by atoms with Gasteiger partial charge in [-0.15, -0.1) is 0 Å². The van der Waals surface area contributed by atoms with E-state index in [1.54, 1.807) is 0 Å². The summed E-state index contributed by atoms with van der Waals surface area (Å²) in [4.78, 5) is 2.50. The molecule has 0 amide bonds. The van der Waals surface area contributed by atoms with Crippen molar-refractivity contribution in [2.45, 2.75) is 51.0 Å². The number of nitrogens with one attached hydrogen (secondary N) is 1. The highest BCUT2D eigenvalue weighted by molar-refractivity contribution is 5.79. The number of oxime groups is 1. The minimum absolute atomic E-state index is 0.293. The first kappa shape index (κ1) is 15.2. The van der Waals surface area contributed by atoms with E-state index in [0.717, 1.165) is 32.1 Å². The number of amidine groups is 1. The third-order valence-electron chi connectivity index (χ3n) is 3.75. The Morgan fingerprint density at radius 3 is 2.72 bits per heavy atom. The highest BCUT2D eigenvalue weighted by Crippen LogP contribution is 2.21. The average molecular weight is 256 g/mol. The number of nitrogens with two attached hydrogens (primary N) is 1. The monoisotopic (exact) mass is 256 g/mol. The van der Waals surface area contributed by atoms with E-state index in [2.05, 4.69) is 22.4 Å². The average Bonchev–Trinajstić information content (AvgIpc) is 2.43. The maximum Gasteiger partial charge on any atom is 0.140 e. The van der Waals surface area contributed by atoms with Crippen LogP contribution in [0.5, 0.6) is 0 Å². The molecule has 0 heterocycles. The van der Waals surface area contributed by atoms with E-state index >= 15 is 0 Å². The van der Waals surface area contributed by atoms with Gasteiger partial charge in [-0.05, 0) is 39.4 Å². The maximum atomic E-state index is 8.38. The minimum atomic E-state index is 0.293. The molecule has 0 aromatic heterocycles. The van der Waals surface area contributed by atoms with Crippen LogP contribution >= 0.6 is 0 Å². The lowest BCUT2D eigenvalue weighted by molar-refractivity contribution is 0.189. The molecule has 0 aliphatic heterocycles. The van der Waals surface area contributed by atoms with Gasteiger partial charge in [-0.25, -0.2) is 0 Å². The van der Waals surface area contributed by atoms with Gasteiger partial charge in [-0.2, -0.15) is 0 Å². The fraction of sp³-hybridized carbons (Fsp3) is 0.923. The van der Waals surface area contributed by atoms with Crippen molar-refractivity contribution >= 4 is 5.84 Å². The molecule has 0 aromatic rings. The van der Waals surface area contributed by atoms with E-state index < -0.39 is 0 Å². The van der Waals surface area contributed by atoms with Crippen molar-refractivity contribution in [3.63, 3.8) is 0 Å². The van der Waals surface area contributed by atoms with Gasteiger partial charge in [0.1, 0.15) is 5.84 Å². The zero-order valence-corrected chi connectivity index (χ0v) is 11.6. The van der Waals surface area contributed by atoms with Gasteiger partial charge in [0.15, 0.2) is 0 Å². The summed E-state index contributed by atoms with van der Waals surface area (Å²) in [5.41, 5.74) is 5.39. The first-order chi connectivity index (χ1) is 8.74. The molecular formula is C13H28N4O. The van der Waals surface area contributed by atoms with Crippen molar-refractivity contribution in [1.29, 1.82) is 0 Å². The standard InChI is InChI=1S/C13H28N4O/c1-17(12-6-3-2-4-7-12)11-5-9-15-10-8-13(14)16-18/h12,15,18H,2-11H2,1H3,(H2,14,16). The molecule has 0 saturated heterocycles. The molecule has 5 heteroatoms. The Bertz CT molecular complexity index is 239. The highest BCUT2D eigenvalue weighted by Gasteiger charge is 2.16. The second kappa shape index (κ2) is 9.16. The van der Waals surface area contributed by atoms with Gasteiger partial charge in [0, 0.05) is 19.0 Å². The maximum absolute atomic E-state index is 8.38. The van der Waals surface area contributed by atoms with E-state index in [1.807, 2.05) is 0 Å². The van der Waals surface area contributed by atoms with Crippen molar-refractivity contribution in [1.82, 2.24) is 10.2 Å². The molecule has 1 rings (SSSR count). The van der Waals surface area contributed by atoms with Gasteiger partial charge in [-0.3, -0.25) is 0 Å². The van der Waals surface area contributed by atoms with Gasteiger partial charge >= 0.3 is 0 Å². The molecule has 1 saturated carbocycles. The van der Waals surface area contributed by atoms with Crippen LogP contribution in [0.1, 0.15) is 44.9 Å². The third-order valence-corrected chi connectivity index (χ3v) is 3.75. The van der Waals surface area contributed by atoms with E-state index in [9.17, 15) is 0 Å². The Kier molecular flexibility index (Phi) is 7.76. The lowest BCUT2D eigenvalue weighted by Gasteiger charge is -2.31. The van der Waals surface area contributed by atoms with Gasteiger partial charge < -0.3 is 21.2 Å². The van der Waals surface area contributed by atoms with Crippen LogP contribution in [0.3, 0.4) is 0 Å². The second-order valence-corrected chi connectivity index (χ2v) is 5.22. The summed E-state index contributed by atoms with van der Waals surface area (Å²) in [5, 5.41) is 14.6. The van der Waals surface area contributed by atoms with E-state index in [-0.39, 0.29) is 0 Å². The normalized spacial score (nSPS) is 18.4. The van der Waals surface area contributed by atoms with E-state index in [1.165, 1.54) is 32.1 Å². The molecule has 0 bridgehead atoms. The Labute approximate surface area is 110 Å². The quantitative estimate of drug-likeness (QED) is 0.202. The predicted octanol–water partition coefficient (Wildman–Crippen LogP) is 1.37. The smallest absolute Gasteiger partial charge is 0.140 e. The third kappa shape index (κ3) is 6.21. The molecule has 106 valence electrons. The summed E-state index contributed by atoms with van der Waals surface area (Å²) < 4.78 is 0. The Balaban J connectivity index is 1.96. The van der Waals surface area contributed by atoms with Crippen LogP contribution in [0.4, 0.5) is 0 Å². The van der Waals surface area contributed by atoms with Crippen LogP contribution in [0.15, 0.2) is 5.16 Å². The number of nitrogens with zero attached hydrogens (tertiary/aromatic N) is 2. The predicted molar refractivity (Wildman–Crippen MR) is 75.0 cm³/mol. The largest absolute Gasteiger partial charge is 0.409 e. The summed E-state index contributed by atoms with van der Waals surface area (Å²) in [7, 11) is 2.24. The molecule has 5 nitrogen and oxygen atoms in total. The highest BCUT2D eigenvalue weighted by atomic mass is 16.4. The minimum Gasteiger partial charge on any atom is -0.409 e. The van der Waals surface area contributed by atoms with Crippen LogP contribution in [0.25, 0.3) is 0 Å². The Morgan fingerprint density at radius 1 is 1.33 bits per heavy atom. The van der Waals surface area contributed by atoms with Crippen LogP contribution in [0.2, 0.25) is 0 Å². The molecule has 1 fully saturated rings. The Morgan fingerprint density at radius 2 is 2.06 bits per heavy atom. The van der Waals surface area contributed by atoms with Crippen molar-refractivity contribution in [3.05, 3.63) is 0 Å². The molecule has 0 radical (unpaired) electrons. The van der Waals surface area contributed by atoms with E-state index in [4.69, 9.17) is 10.9 Å². The molecule has 0 unspecified atom stereocenters. The first-order valence-corrected chi connectivity index (χ1v) is 7.11. The van der Waals surface area contributed by atoms with Crippen molar-refractivity contribution < 1.29 is 5.21 Å². The SMILES string of the molecule is CN(CCCNCCC(N)=NO)C1CCCCC1. The summed E-state index contributed by atoms with van der Waals surface area (Å²) in [6.07, 6.45) is 8.71.